The molecule has 0 saturated heterocycles. The molecule has 0 radical (unpaired) electrons. The second-order valence-electron chi connectivity index (χ2n) is 5.15. The minimum absolute atomic E-state index is 0.320. The minimum atomic E-state index is -0.906. The topological polar surface area (TPSA) is 46.5 Å². The first-order valence-electron chi connectivity index (χ1n) is 6.63. The first-order chi connectivity index (χ1) is 9.88. The molecule has 0 fully saturated rings. The van der Waals surface area contributed by atoms with Crippen molar-refractivity contribution in [3.05, 3.63) is 50.2 Å². The average Bonchev–Trinajstić information content (AvgIpc) is 2.86. The Balaban J connectivity index is 2.15. The highest BCUT2D eigenvalue weighted by Crippen LogP contribution is 2.32. The molecule has 0 unspecified atom stereocenters. The Bertz CT molecular complexity index is 662. The highest BCUT2D eigenvalue weighted by molar-refractivity contribution is 7.13. The molecular formula is C16H17ClO3S. The Labute approximate surface area is 133 Å². The first-order valence-corrected chi connectivity index (χ1v) is 7.82. The molecule has 1 aromatic carbocycles. The molecule has 112 valence electrons. The Hall–Kier alpha value is -1.52. The van der Waals surface area contributed by atoms with Crippen LogP contribution < -0.4 is 4.74 Å². The molecule has 21 heavy (non-hydrogen) atoms. The number of thiophene rings is 1. The van der Waals surface area contributed by atoms with Gasteiger partial charge in [-0.15, -0.1) is 11.3 Å². The van der Waals surface area contributed by atoms with Crippen molar-refractivity contribution in [2.45, 2.75) is 33.3 Å². The summed E-state index contributed by atoms with van der Waals surface area (Å²) < 4.78 is 5.82. The summed E-state index contributed by atoms with van der Waals surface area (Å²) in [5.74, 6) is 0.199. The van der Waals surface area contributed by atoms with Crippen LogP contribution in [0.4, 0.5) is 0 Å². The number of aromatic carboxylic acids is 1. The van der Waals surface area contributed by atoms with Crippen LogP contribution in [0.5, 0.6) is 5.75 Å². The third kappa shape index (κ3) is 3.77. The van der Waals surface area contributed by atoms with Crippen molar-refractivity contribution in [1.82, 2.24) is 0 Å². The van der Waals surface area contributed by atoms with E-state index in [-0.39, 0.29) is 0 Å². The maximum Gasteiger partial charge on any atom is 0.345 e. The number of carbonyl (C=O) groups is 1. The van der Waals surface area contributed by atoms with E-state index >= 15 is 0 Å². The number of hydrogen-bond acceptors (Lipinski definition) is 3. The summed E-state index contributed by atoms with van der Waals surface area (Å²) in [6, 6.07) is 7.25. The van der Waals surface area contributed by atoms with E-state index in [1.54, 1.807) is 12.1 Å². The van der Waals surface area contributed by atoms with E-state index in [2.05, 4.69) is 13.8 Å². The van der Waals surface area contributed by atoms with Crippen molar-refractivity contribution < 1.29 is 14.6 Å². The second-order valence-corrected chi connectivity index (χ2v) is 6.73. The molecule has 2 rings (SSSR count). The zero-order valence-electron chi connectivity index (χ0n) is 12.1. The van der Waals surface area contributed by atoms with Gasteiger partial charge in [0.15, 0.2) is 0 Å². The largest absolute Gasteiger partial charge is 0.488 e. The van der Waals surface area contributed by atoms with E-state index in [1.165, 1.54) is 11.3 Å². The van der Waals surface area contributed by atoms with Crippen molar-refractivity contribution in [3.8, 4) is 5.75 Å². The van der Waals surface area contributed by atoms with Crippen molar-refractivity contribution in [1.29, 1.82) is 0 Å². The fourth-order valence-corrected chi connectivity index (χ4v) is 3.18. The predicted octanol–water partition coefficient (Wildman–Crippen LogP) is 5.11. The summed E-state index contributed by atoms with van der Waals surface area (Å²) in [7, 11) is 0. The fourth-order valence-electron chi connectivity index (χ4n) is 1.99. The molecule has 0 spiro atoms. The van der Waals surface area contributed by atoms with Gasteiger partial charge in [-0.1, -0.05) is 25.4 Å². The van der Waals surface area contributed by atoms with Gasteiger partial charge < -0.3 is 9.84 Å². The van der Waals surface area contributed by atoms with Gasteiger partial charge in [0.1, 0.15) is 17.2 Å². The number of benzene rings is 1. The predicted molar refractivity (Wildman–Crippen MR) is 85.9 cm³/mol. The van der Waals surface area contributed by atoms with Crippen LogP contribution in [0.3, 0.4) is 0 Å². The number of hydrogen-bond donors (Lipinski definition) is 1. The van der Waals surface area contributed by atoms with Crippen LogP contribution in [0.25, 0.3) is 0 Å². The lowest BCUT2D eigenvalue weighted by Gasteiger charge is -2.14. The lowest BCUT2D eigenvalue weighted by atomic mass is 10.0. The molecule has 0 aliphatic rings. The van der Waals surface area contributed by atoms with Gasteiger partial charge >= 0.3 is 5.97 Å². The third-order valence-electron chi connectivity index (χ3n) is 3.16. The highest BCUT2D eigenvalue weighted by atomic mass is 35.5. The second kappa shape index (κ2) is 6.50. The molecule has 0 bridgehead atoms. The van der Waals surface area contributed by atoms with Gasteiger partial charge in [0.2, 0.25) is 0 Å². The fraction of sp³-hybridized carbons (Fsp3) is 0.312. The number of carboxylic acid groups (broad SMARTS) is 1. The molecule has 5 heteroatoms. The SMILES string of the molecule is Cc1cc(Cl)c(C(C)C)cc1OCc1ccc(C(=O)O)s1. The van der Waals surface area contributed by atoms with Crippen LogP contribution in [-0.4, -0.2) is 11.1 Å². The molecule has 0 atom stereocenters. The van der Waals surface area contributed by atoms with E-state index in [1.807, 2.05) is 19.1 Å². The maximum absolute atomic E-state index is 10.9. The normalized spacial score (nSPS) is 10.9. The maximum atomic E-state index is 10.9. The van der Waals surface area contributed by atoms with Gasteiger partial charge in [-0.25, -0.2) is 4.79 Å². The van der Waals surface area contributed by atoms with Crippen molar-refractivity contribution in [2.75, 3.05) is 0 Å². The van der Waals surface area contributed by atoms with E-state index in [0.29, 0.717) is 17.4 Å². The van der Waals surface area contributed by atoms with Crippen molar-refractivity contribution in [3.63, 3.8) is 0 Å². The number of aryl methyl sites for hydroxylation is 1. The van der Waals surface area contributed by atoms with Gasteiger partial charge in [-0.3, -0.25) is 0 Å². The third-order valence-corrected chi connectivity index (χ3v) is 4.53. The van der Waals surface area contributed by atoms with Crippen molar-refractivity contribution in [2.24, 2.45) is 0 Å². The standard InChI is InChI=1S/C16H17ClO3S/c1-9(2)12-7-14(10(3)6-13(12)17)20-8-11-4-5-15(21-11)16(18)19/h4-7,9H,8H2,1-3H3,(H,18,19). The Kier molecular flexibility index (Phi) is 4.91. The molecule has 0 aliphatic heterocycles. The molecule has 0 aliphatic carbocycles. The van der Waals surface area contributed by atoms with Crippen LogP contribution in [0, 0.1) is 6.92 Å². The summed E-state index contributed by atoms with van der Waals surface area (Å²) in [4.78, 5) is 12.1. The number of halogens is 1. The smallest absolute Gasteiger partial charge is 0.345 e. The van der Waals surface area contributed by atoms with Gasteiger partial charge in [0.05, 0.1) is 0 Å². The van der Waals surface area contributed by atoms with Crippen LogP contribution in [0.1, 0.15) is 45.4 Å². The highest BCUT2D eigenvalue weighted by Gasteiger charge is 2.11. The summed E-state index contributed by atoms with van der Waals surface area (Å²) >= 11 is 7.46. The summed E-state index contributed by atoms with van der Waals surface area (Å²) in [6.45, 7) is 6.47. The zero-order chi connectivity index (χ0) is 15.6. The van der Waals surface area contributed by atoms with E-state index in [4.69, 9.17) is 21.4 Å². The van der Waals surface area contributed by atoms with Crippen LogP contribution in [-0.2, 0) is 6.61 Å². The first kappa shape index (κ1) is 15.9. The van der Waals surface area contributed by atoms with Gasteiger partial charge in [-0.05, 0) is 48.2 Å². The van der Waals surface area contributed by atoms with E-state index < -0.39 is 5.97 Å². The van der Waals surface area contributed by atoms with Crippen LogP contribution >= 0.6 is 22.9 Å². The quantitative estimate of drug-likeness (QED) is 0.831. The van der Waals surface area contributed by atoms with E-state index in [0.717, 1.165) is 26.8 Å². The van der Waals surface area contributed by atoms with Gasteiger partial charge in [0.25, 0.3) is 0 Å². The Morgan fingerprint density at radius 3 is 2.67 bits per heavy atom. The Morgan fingerprint density at radius 1 is 1.38 bits per heavy atom. The number of ether oxygens (including phenoxy) is 1. The molecule has 1 N–H and O–H groups in total. The average molecular weight is 325 g/mol. The minimum Gasteiger partial charge on any atom is -0.488 e. The lowest BCUT2D eigenvalue weighted by molar-refractivity contribution is 0.0702. The number of rotatable bonds is 5. The van der Waals surface area contributed by atoms with Crippen LogP contribution in [0.2, 0.25) is 5.02 Å². The van der Waals surface area contributed by atoms with Gasteiger partial charge in [0, 0.05) is 9.90 Å². The van der Waals surface area contributed by atoms with Gasteiger partial charge in [-0.2, -0.15) is 0 Å². The Morgan fingerprint density at radius 2 is 2.10 bits per heavy atom. The lowest BCUT2D eigenvalue weighted by Crippen LogP contribution is -1.98. The van der Waals surface area contributed by atoms with Crippen LogP contribution in [0.15, 0.2) is 24.3 Å². The molecule has 3 nitrogen and oxygen atoms in total. The summed E-state index contributed by atoms with van der Waals surface area (Å²) in [5, 5.41) is 9.66. The molecule has 1 aromatic heterocycles. The van der Waals surface area contributed by atoms with Crippen molar-refractivity contribution >= 4 is 28.9 Å². The molecule has 2 aromatic rings. The van der Waals surface area contributed by atoms with E-state index in [9.17, 15) is 4.79 Å². The zero-order valence-corrected chi connectivity index (χ0v) is 13.7. The summed E-state index contributed by atoms with van der Waals surface area (Å²) in [6.07, 6.45) is 0. The molecule has 0 amide bonds. The molecule has 1 heterocycles. The monoisotopic (exact) mass is 324 g/mol. The summed E-state index contributed by atoms with van der Waals surface area (Å²) in [5.41, 5.74) is 2.02. The molecular weight excluding hydrogens is 308 g/mol. The molecule has 0 saturated carbocycles. The number of carboxylic acids is 1.